The molecule has 0 rings (SSSR count). The highest BCUT2D eigenvalue weighted by Crippen LogP contribution is 2.02. The van der Waals surface area contributed by atoms with E-state index in [2.05, 4.69) is 26.1 Å². The molecule has 0 heterocycles. The number of nitrogens with one attached hydrogen (secondary N) is 1. The molecule has 2 N–H and O–H groups in total. The van der Waals surface area contributed by atoms with Gasteiger partial charge in [0.05, 0.1) is 0 Å². The van der Waals surface area contributed by atoms with Gasteiger partial charge in [0.1, 0.15) is 6.23 Å². The molecule has 0 aliphatic heterocycles. The van der Waals surface area contributed by atoms with Crippen LogP contribution in [0.1, 0.15) is 52.9 Å². The second-order valence-electron chi connectivity index (χ2n) is 4.16. The highest BCUT2D eigenvalue weighted by molar-refractivity contribution is 4.56. The molecule has 0 amide bonds. The quantitative estimate of drug-likeness (QED) is 0.452. The number of aliphatic hydroxyl groups is 1. The van der Waals surface area contributed by atoms with Crippen LogP contribution in [0, 0.1) is 5.92 Å². The minimum absolute atomic E-state index is 0.304. The Balaban J connectivity index is 3.12. The van der Waals surface area contributed by atoms with Crippen LogP contribution in [0.4, 0.5) is 0 Å². The molecule has 0 spiro atoms. The first kappa shape index (κ1) is 12.9. The molecule has 2 nitrogen and oxygen atoms in total. The monoisotopic (exact) mass is 187 g/mol. The Kier molecular flexibility index (Phi) is 8.46. The van der Waals surface area contributed by atoms with Crippen LogP contribution in [0.15, 0.2) is 0 Å². The van der Waals surface area contributed by atoms with Crippen LogP contribution in [0.3, 0.4) is 0 Å². The lowest BCUT2D eigenvalue weighted by atomic mass is 10.1. The fourth-order valence-corrected chi connectivity index (χ4v) is 1.35. The molecule has 0 aliphatic rings. The summed E-state index contributed by atoms with van der Waals surface area (Å²) in [4.78, 5) is 0. The molecule has 80 valence electrons. The van der Waals surface area contributed by atoms with Crippen LogP contribution in [0.5, 0.6) is 0 Å². The van der Waals surface area contributed by atoms with E-state index >= 15 is 0 Å². The minimum Gasteiger partial charge on any atom is -0.379 e. The molecular formula is C11H25NO. The van der Waals surface area contributed by atoms with Crippen LogP contribution in [0.2, 0.25) is 0 Å². The molecule has 0 aromatic rings. The zero-order valence-corrected chi connectivity index (χ0v) is 9.34. The summed E-state index contributed by atoms with van der Waals surface area (Å²) in [5.41, 5.74) is 0. The third kappa shape index (κ3) is 9.84. The van der Waals surface area contributed by atoms with Crippen molar-refractivity contribution in [2.75, 3.05) is 6.54 Å². The second-order valence-corrected chi connectivity index (χ2v) is 4.16. The number of rotatable bonds is 8. The van der Waals surface area contributed by atoms with Crippen LogP contribution in [-0.4, -0.2) is 17.9 Å². The van der Waals surface area contributed by atoms with E-state index in [-0.39, 0.29) is 6.23 Å². The average molecular weight is 187 g/mol. The SMILES string of the molecule is CCCCCCNC(O)CC(C)C. The fraction of sp³-hybridized carbons (Fsp3) is 1.00. The van der Waals surface area contributed by atoms with E-state index in [0.29, 0.717) is 5.92 Å². The number of unbranched alkanes of at least 4 members (excludes halogenated alkanes) is 3. The molecule has 2 heteroatoms. The van der Waals surface area contributed by atoms with Gasteiger partial charge in [-0.05, 0) is 25.3 Å². The van der Waals surface area contributed by atoms with Crippen LogP contribution >= 0.6 is 0 Å². The highest BCUT2D eigenvalue weighted by atomic mass is 16.3. The number of aliphatic hydroxyl groups excluding tert-OH is 1. The van der Waals surface area contributed by atoms with Gasteiger partial charge in [-0.25, -0.2) is 0 Å². The van der Waals surface area contributed by atoms with Crippen molar-refractivity contribution in [3.05, 3.63) is 0 Å². The van der Waals surface area contributed by atoms with E-state index in [1.54, 1.807) is 0 Å². The van der Waals surface area contributed by atoms with Gasteiger partial charge in [-0.1, -0.05) is 40.0 Å². The Morgan fingerprint density at radius 2 is 1.85 bits per heavy atom. The number of hydrogen-bond acceptors (Lipinski definition) is 2. The molecule has 0 radical (unpaired) electrons. The maximum absolute atomic E-state index is 9.47. The van der Waals surface area contributed by atoms with Crippen molar-refractivity contribution in [3.8, 4) is 0 Å². The molecule has 13 heavy (non-hydrogen) atoms. The van der Waals surface area contributed by atoms with E-state index in [4.69, 9.17) is 0 Å². The third-order valence-electron chi connectivity index (χ3n) is 2.10. The normalized spacial score (nSPS) is 13.6. The molecule has 0 aromatic heterocycles. The Hall–Kier alpha value is -0.0800. The highest BCUT2D eigenvalue weighted by Gasteiger charge is 2.04. The largest absolute Gasteiger partial charge is 0.379 e. The lowest BCUT2D eigenvalue weighted by Crippen LogP contribution is -2.30. The second kappa shape index (κ2) is 8.52. The maximum atomic E-state index is 9.47. The first-order valence-corrected chi connectivity index (χ1v) is 5.58. The zero-order valence-electron chi connectivity index (χ0n) is 9.34. The molecule has 0 fully saturated rings. The molecule has 1 unspecified atom stereocenters. The Morgan fingerprint density at radius 3 is 2.38 bits per heavy atom. The molecule has 0 saturated heterocycles. The van der Waals surface area contributed by atoms with Gasteiger partial charge in [0.25, 0.3) is 0 Å². The van der Waals surface area contributed by atoms with Crippen molar-refractivity contribution in [1.82, 2.24) is 5.32 Å². The van der Waals surface area contributed by atoms with Gasteiger partial charge in [-0.15, -0.1) is 0 Å². The van der Waals surface area contributed by atoms with E-state index in [9.17, 15) is 5.11 Å². The van der Waals surface area contributed by atoms with Crippen molar-refractivity contribution in [2.45, 2.75) is 59.1 Å². The van der Waals surface area contributed by atoms with E-state index in [0.717, 1.165) is 13.0 Å². The maximum Gasteiger partial charge on any atom is 0.105 e. The zero-order chi connectivity index (χ0) is 10.1. The molecular weight excluding hydrogens is 162 g/mol. The van der Waals surface area contributed by atoms with Gasteiger partial charge in [-0.2, -0.15) is 0 Å². The van der Waals surface area contributed by atoms with Crippen LogP contribution in [-0.2, 0) is 0 Å². The van der Waals surface area contributed by atoms with Crippen molar-refractivity contribution < 1.29 is 5.11 Å². The van der Waals surface area contributed by atoms with Gasteiger partial charge in [-0.3, -0.25) is 5.32 Å². The fourth-order valence-electron chi connectivity index (χ4n) is 1.35. The lowest BCUT2D eigenvalue weighted by Gasteiger charge is -2.14. The van der Waals surface area contributed by atoms with Crippen molar-refractivity contribution >= 4 is 0 Å². The van der Waals surface area contributed by atoms with Gasteiger partial charge in [0, 0.05) is 0 Å². The summed E-state index contributed by atoms with van der Waals surface area (Å²) in [6, 6.07) is 0. The summed E-state index contributed by atoms with van der Waals surface area (Å²) in [7, 11) is 0. The molecule has 0 aromatic carbocycles. The van der Waals surface area contributed by atoms with Gasteiger partial charge in [0.15, 0.2) is 0 Å². The van der Waals surface area contributed by atoms with Crippen molar-refractivity contribution in [2.24, 2.45) is 5.92 Å². The third-order valence-corrected chi connectivity index (χ3v) is 2.10. The van der Waals surface area contributed by atoms with Gasteiger partial charge >= 0.3 is 0 Å². The molecule has 0 saturated carbocycles. The Morgan fingerprint density at radius 1 is 1.15 bits per heavy atom. The van der Waals surface area contributed by atoms with E-state index in [1.807, 2.05) is 0 Å². The molecule has 0 aliphatic carbocycles. The van der Waals surface area contributed by atoms with Crippen molar-refractivity contribution in [1.29, 1.82) is 0 Å². The standard InChI is InChI=1S/C11H25NO/c1-4-5-6-7-8-12-11(13)9-10(2)3/h10-13H,4-9H2,1-3H3. The summed E-state index contributed by atoms with van der Waals surface area (Å²) in [6.07, 6.45) is 5.59. The van der Waals surface area contributed by atoms with Crippen molar-refractivity contribution in [3.63, 3.8) is 0 Å². The minimum atomic E-state index is -0.304. The van der Waals surface area contributed by atoms with Crippen LogP contribution in [0.25, 0.3) is 0 Å². The summed E-state index contributed by atoms with van der Waals surface area (Å²) in [5, 5.41) is 12.6. The average Bonchev–Trinajstić information content (AvgIpc) is 2.02. The topological polar surface area (TPSA) is 32.3 Å². The van der Waals surface area contributed by atoms with Crippen LogP contribution < -0.4 is 5.32 Å². The smallest absolute Gasteiger partial charge is 0.105 e. The lowest BCUT2D eigenvalue weighted by molar-refractivity contribution is 0.113. The van der Waals surface area contributed by atoms with E-state index < -0.39 is 0 Å². The first-order chi connectivity index (χ1) is 6.16. The molecule has 0 bridgehead atoms. The predicted octanol–water partition coefficient (Wildman–Crippen LogP) is 2.52. The van der Waals surface area contributed by atoms with Gasteiger partial charge in [0.2, 0.25) is 0 Å². The van der Waals surface area contributed by atoms with Gasteiger partial charge < -0.3 is 5.11 Å². The van der Waals surface area contributed by atoms with E-state index in [1.165, 1.54) is 25.7 Å². The summed E-state index contributed by atoms with van der Waals surface area (Å²) in [6.45, 7) is 7.42. The Bertz CT molecular complexity index is 104. The first-order valence-electron chi connectivity index (χ1n) is 5.58. The predicted molar refractivity (Wildman–Crippen MR) is 57.6 cm³/mol. The summed E-state index contributed by atoms with van der Waals surface area (Å²) in [5.74, 6) is 0.568. The summed E-state index contributed by atoms with van der Waals surface area (Å²) >= 11 is 0. The summed E-state index contributed by atoms with van der Waals surface area (Å²) < 4.78 is 0. The Labute approximate surface area is 82.7 Å². The molecule has 1 atom stereocenters. The number of hydrogen-bond donors (Lipinski definition) is 2.